The molecule has 4 nitrogen and oxygen atoms in total. The number of benzene rings is 3. The van der Waals surface area contributed by atoms with Gasteiger partial charge in [0.15, 0.2) is 5.78 Å². The zero-order valence-corrected chi connectivity index (χ0v) is 18.1. The number of carbonyl (C=O) groups excluding carboxylic acids is 1. The van der Waals surface area contributed by atoms with Gasteiger partial charge in [-0.1, -0.05) is 48.5 Å². The van der Waals surface area contributed by atoms with Crippen molar-refractivity contribution < 1.29 is 9.90 Å². The number of nitrogens with zero attached hydrogens (tertiary/aromatic N) is 2. The molecule has 0 unspecified atom stereocenters. The third-order valence-electron chi connectivity index (χ3n) is 5.88. The first kappa shape index (κ1) is 20.9. The Bertz CT molecular complexity index is 1090. The van der Waals surface area contributed by atoms with Crippen LogP contribution in [0.4, 0.5) is 5.69 Å². The lowest BCUT2D eigenvalue weighted by atomic mass is 9.95. The molecule has 158 valence electrons. The number of hydrogen-bond donors (Lipinski definition) is 1. The van der Waals surface area contributed by atoms with Gasteiger partial charge in [-0.25, -0.2) is 0 Å². The number of carbonyl (C=O) groups is 1. The van der Waals surface area contributed by atoms with Crippen LogP contribution in [0.3, 0.4) is 0 Å². The predicted octanol–water partition coefficient (Wildman–Crippen LogP) is 5.02. The SMILES string of the molecule is Cc1ccccc1-c1ccc(N2CCN(C)CC2)c(C(=O)/C=C/c2ccc(O)cc2)c1. The van der Waals surface area contributed by atoms with E-state index in [1.807, 2.05) is 18.2 Å². The van der Waals surface area contributed by atoms with Gasteiger partial charge in [0, 0.05) is 37.4 Å². The average molecular weight is 413 g/mol. The van der Waals surface area contributed by atoms with E-state index in [2.05, 4.69) is 48.0 Å². The minimum Gasteiger partial charge on any atom is -0.508 e. The zero-order valence-electron chi connectivity index (χ0n) is 18.1. The molecule has 3 aromatic rings. The zero-order chi connectivity index (χ0) is 21.8. The second-order valence-electron chi connectivity index (χ2n) is 8.13. The first-order valence-electron chi connectivity index (χ1n) is 10.7. The van der Waals surface area contributed by atoms with Crippen LogP contribution >= 0.6 is 0 Å². The minimum atomic E-state index is -0.0163. The summed E-state index contributed by atoms with van der Waals surface area (Å²) in [6.45, 7) is 5.87. The van der Waals surface area contributed by atoms with E-state index in [0.29, 0.717) is 0 Å². The lowest BCUT2D eigenvalue weighted by Gasteiger charge is -2.35. The van der Waals surface area contributed by atoms with Crippen LogP contribution in [0.1, 0.15) is 21.5 Å². The number of phenolic OH excluding ortho intramolecular Hbond substituents is 1. The van der Waals surface area contributed by atoms with Crippen molar-refractivity contribution >= 4 is 17.5 Å². The van der Waals surface area contributed by atoms with Crippen LogP contribution in [-0.2, 0) is 0 Å². The number of ketones is 1. The second-order valence-corrected chi connectivity index (χ2v) is 8.13. The lowest BCUT2D eigenvalue weighted by molar-refractivity contribution is 0.104. The minimum absolute atomic E-state index is 0.0163. The normalized spacial score (nSPS) is 14.8. The van der Waals surface area contributed by atoms with Crippen molar-refractivity contribution in [3.8, 4) is 16.9 Å². The Morgan fingerprint density at radius 1 is 0.935 bits per heavy atom. The topological polar surface area (TPSA) is 43.8 Å². The Morgan fingerprint density at radius 2 is 1.65 bits per heavy atom. The van der Waals surface area contributed by atoms with Crippen molar-refractivity contribution in [3.05, 3.63) is 89.5 Å². The molecule has 0 bridgehead atoms. The van der Waals surface area contributed by atoms with Gasteiger partial charge in [0.25, 0.3) is 0 Å². The highest BCUT2D eigenvalue weighted by Gasteiger charge is 2.20. The monoisotopic (exact) mass is 412 g/mol. The highest BCUT2D eigenvalue weighted by Crippen LogP contribution is 2.31. The molecule has 3 aromatic carbocycles. The third kappa shape index (κ3) is 4.86. The van der Waals surface area contributed by atoms with E-state index < -0.39 is 0 Å². The molecule has 1 aliphatic heterocycles. The van der Waals surface area contributed by atoms with Gasteiger partial charge in [-0.15, -0.1) is 0 Å². The van der Waals surface area contributed by atoms with Crippen molar-refractivity contribution in [1.29, 1.82) is 0 Å². The van der Waals surface area contributed by atoms with Gasteiger partial charge in [0.1, 0.15) is 5.75 Å². The van der Waals surface area contributed by atoms with Crippen LogP contribution in [0.25, 0.3) is 17.2 Å². The Kier molecular flexibility index (Phi) is 6.19. The summed E-state index contributed by atoms with van der Waals surface area (Å²) in [4.78, 5) is 17.9. The molecular formula is C27H28N2O2. The summed E-state index contributed by atoms with van der Waals surface area (Å²) in [6.07, 6.45) is 3.43. The average Bonchev–Trinajstić information content (AvgIpc) is 2.79. The van der Waals surface area contributed by atoms with Gasteiger partial charge < -0.3 is 14.9 Å². The first-order valence-corrected chi connectivity index (χ1v) is 10.7. The molecule has 31 heavy (non-hydrogen) atoms. The molecule has 0 aromatic heterocycles. The molecule has 0 radical (unpaired) electrons. The molecule has 1 heterocycles. The predicted molar refractivity (Wildman–Crippen MR) is 128 cm³/mol. The van der Waals surface area contributed by atoms with E-state index in [4.69, 9.17) is 0 Å². The quantitative estimate of drug-likeness (QED) is 0.472. The van der Waals surface area contributed by atoms with E-state index in [0.717, 1.165) is 54.1 Å². The summed E-state index contributed by atoms with van der Waals surface area (Å²) >= 11 is 0. The van der Waals surface area contributed by atoms with Gasteiger partial charge in [0.05, 0.1) is 0 Å². The van der Waals surface area contributed by atoms with Gasteiger partial charge in [-0.3, -0.25) is 4.79 Å². The fourth-order valence-corrected chi connectivity index (χ4v) is 3.97. The molecule has 0 aliphatic carbocycles. The molecule has 0 atom stereocenters. The molecule has 1 saturated heterocycles. The van der Waals surface area contributed by atoms with E-state index in [9.17, 15) is 9.90 Å². The number of likely N-dealkylation sites (N-methyl/N-ethyl adjacent to an activating group) is 1. The Morgan fingerprint density at radius 3 is 2.35 bits per heavy atom. The van der Waals surface area contributed by atoms with Crippen LogP contribution in [-0.4, -0.2) is 49.0 Å². The summed E-state index contributed by atoms with van der Waals surface area (Å²) in [7, 11) is 2.13. The largest absolute Gasteiger partial charge is 0.508 e. The third-order valence-corrected chi connectivity index (χ3v) is 5.88. The number of allylic oxidation sites excluding steroid dienone is 1. The van der Waals surface area contributed by atoms with Crippen LogP contribution in [0.5, 0.6) is 5.75 Å². The fourth-order valence-electron chi connectivity index (χ4n) is 3.97. The number of phenols is 1. The summed E-state index contributed by atoms with van der Waals surface area (Å²) in [6, 6.07) is 21.3. The number of piperazine rings is 1. The van der Waals surface area contributed by atoms with Gasteiger partial charge >= 0.3 is 0 Å². The number of aromatic hydroxyl groups is 1. The smallest absolute Gasteiger partial charge is 0.187 e. The fraction of sp³-hybridized carbons (Fsp3) is 0.222. The number of anilines is 1. The van der Waals surface area contributed by atoms with Crippen molar-refractivity contribution in [1.82, 2.24) is 4.90 Å². The second kappa shape index (κ2) is 9.19. The van der Waals surface area contributed by atoms with E-state index in [-0.39, 0.29) is 11.5 Å². The highest BCUT2D eigenvalue weighted by molar-refractivity contribution is 6.11. The van der Waals surface area contributed by atoms with Crippen molar-refractivity contribution in [2.45, 2.75) is 6.92 Å². The van der Waals surface area contributed by atoms with Gasteiger partial charge in [-0.2, -0.15) is 0 Å². The van der Waals surface area contributed by atoms with Crippen LogP contribution in [0.15, 0.2) is 72.8 Å². The summed E-state index contributed by atoms with van der Waals surface area (Å²) in [5, 5.41) is 9.47. The van der Waals surface area contributed by atoms with Gasteiger partial charge in [0.2, 0.25) is 0 Å². The maximum Gasteiger partial charge on any atom is 0.187 e. The Hall–Kier alpha value is -3.37. The molecule has 0 spiro atoms. The molecule has 0 saturated carbocycles. The standard InChI is InChI=1S/C27H28N2O2/c1-20-5-3-4-6-24(20)22-10-13-26(29-17-15-28(2)16-18-29)25(19-22)27(31)14-9-21-7-11-23(30)12-8-21/h3-14,19,30H,15-18H2,1-2H3/b14-9+. The summed E-state index contributed by atoms with van der Waals surface area (Å²) in [5.74, 6) is 0.198. The van der Waals surface area contributed by atoms with Crippen molar-refractivity contribution in [2.24, 2.45) is 0 Å². The summed E-state index contributed by atoms with van der Waals surface area (Å²) in [5.41, 5.74) is 5.97. The van der Waals surface area contributed by atoms with E-state index >= 15 is 0 Å². The first-order chi connectivity index (χ1) is 15.0. The van der Waals surface area contributed by atoms with Crippen molar-refractivity contribution in [2.75, 3.05) is 38.1 Å². The van der Waals surface area contributed by atoms with Crippen molar-refractivity contribution in [3.63, 3.8) is 0 Å². The molecule has 1 aliphatic rings. The van der Waals surface area contributed by atoms with E-state index in [1.165, 1.54) is 5.56 Å². The summed E-state index contributed by atoms with van der Waals surface area (Å²) < 4.78 is 0. The van der Waals surface area contributed by atoms with Crippen LogP contribution < -0.4 is 4.90 Å². The molecule has 1 N–H and O–H groups in total. The molecule has 1 fully saturated rings. The number of aryl methyl sites for hydroxylation is 1. The van der Waals surface area contributed by atoms with E-state index in [1.54, 1.807) is 36.4 Å². The van der Waals surface area contributed by atoms with Gasteiger partial charge in [-0.05, 0) is 66.6 Å². The number of rotatable bonds is 5. The maximum absolute atomic E-state index is 13.3. The Labute approximate surface area is 184 Å². The lowest BCUT2D eigenvalue weighted by Crippen LogP contribution is -2.45. The molecule has 0 amide bonds. The van der Waals surface area contributed by atoms with Crippen LogP contribution in [0.2, 0.25) is 0 Å². The Balaban J connectivity index is 1.71. The molecule has 4 heteroatoms. The van der Waals surface area contributed by atoms with Crippen LogP contribution in [0, 0.1) is 6.92 Å². The molecule has 4 rings (SSSR count). The number of hydrogen-bond acceptors (Lipinski definition) is 4. The molecular weight excluding hydrogens is 384 g/mol. The highest BCUT2D eigenvalue weighted by atomic mass is 16.3. The maximum atomic E-state index is 13.3.